The highest BCUT2D eigenvalue weighted by Gasteiger charge is 2.17. The van der Waals surface area contributed by atoms with Gasteiger partial charge in [0.25, 0.3) is 6.01 Å². The Bertz CT molecular complexity index is 896. The molecule has 130 valence electrons. The molecule has 1 aliphatic rings. The second-order valence-corrected chi connectivity index (χ2v) is 6.78. The molecule has 6 nitrogen and oxygen atoms in total. The van der Waals surface area contributed by atoms with E-state index >= 15 is 0 Å². The van der Waals surface area contributed by atoms with Crippen LogP contribution in [0.2, 0.25) is 5.02 Å². The summed E-state index contributed by atoms with van der Waals surface area (Å²) in [7, 11) is 0. The van der Waals surface area contributed by atoms with E-state index in [2.05, 4.69) is 20.6 Å². The van der Waals surface area contributed by atoms with Crippen LogP contribution in [0.5, 0.6) is 5.75 Å². The van der Waals surface area contributed by atoms with E-state index in [4.69, 9.17) is 16.0 Å². The van der Waals surface area contributed by atoms with Gasteiger partial charge in [0.2, 0.25) is 5.65 Å². The molecule has 0 spiro atoms. The molecular formula is C18H19ClN4O2. The number of benzene rings is 1. The number of anilines is 1. The van der Waals surface area contributed by atoms with Gasteiger partial charge in [0.05, 0.1) is 5.69 Å². The zero-order valence-electron chi connectivity index (χ0n) is 13.8. The molecule has 25 heavy (non-hydrogen) atoms. The molecule has 7 heteroatoms. The van der Waals surface area contributed by atoms with Crippen LogP contribution in [0.25, 0.3) is 22.5 Å². The third kappa shape index (κ3) is 3.27. The standard InChI is InChI=1S/C18H19ClN4O2/c1-10-7-11(19)8-14(24)16(10)13-4-5-15-17(22-13)23-18(25-15)21-12-3-2-6-20-9-12/h4-5,7-8,12,20,24H,2-3,6,9H2,1H3,(H,21,22,23)/t12-/m1/s1. The Morgan fingerprint density at radius 3 is 2.96 bits per heavy atom. The van der Waals surface area contributed by atoms with Gasteiger partial charge in [-0.3, -0.25) is 0 Å². The number of rotatable bonds is 3. The number of hydrogen-bond acceptors (Lipinski definition) is 6. The topological polar surface area (TPSA) is 83.2 Å². The minimum absolute atomic E-state index is 0.104. The molecule has 1 atom stereocenters. The van der Waals surface area contributed by atoms with Crippen LogP contribution >= 0.6 is 11.6 Å². The summed E-state index contributed by atoms with van der Waals surface area (Å²) in [5.41, 5.74) is 3.27. The van der Waals surface area contributed by atoms with Gasteiger partial charge in [-0.2, -0.15) is 4.98 Å². The highest BCUT2D eigenvalue weighted by Crippen LogP contribution is 2.35. The van der Waals surface area contributed by atoms with Gasteiger partial charge in [0.15, 0.2) is 5.58 Å². The van der Waals surface area contributed by atoms with Crippen LogP contribution in [0.15, 0.2) is 28.7 Å². The van der Waals surface area contributed by atoms with E-state index in [1.54, 1.807) is 6.07 Å². The molecule has 0 amide bonds. The summed E-state index contributed by atoms with van der Waals surface area (Å²) in [6.45, 7) is 3.84. The van der Waals surface area contributed by atoms with Gasteiger partial charge in [-0.05, 0) is 56.1 Å². The van der Waals surface area contributed by atoms with Gasteiger partial charge in [-0.1, -0.05) is 11.6 Å². The van der Waals surface area contributed by atoms with Crippen LogP contribution in [0.4, 0.5) is 6.01 Å². The molecule has 0 radical (unpaired) electrons. The predicted octanol–water partition coefficient (Wildman–Crippen LogP) is 3.72. The van der Waals surface area contributed by atoms with Gasteiger partial charge in [0, 0.05) is 23.2 Å². The number of phenols is 1. The van der Waals surface area contributed by atoms with E-state index < -0.39 is 0 Å². The molecule has 2 aromatic heterocycles. The van der Waals surface area contributed by atoms with E-state index in [9.17, 15) is 5.11 Å². The average molecular weight is 359 g/mol. The number of aryl methyl sites for hydroxylation is 1. The number of hydrogen-bond donors (Lipinski definition) is 3. The SMILES string of the molecule is Cc1cc(Cl)cc(O)c1-c1ccc2oc(N[C@@H]3CCCNC3)nc2n1. The molecule has 1 aliphatic heterocycles. The molecular weight excluding hydrogens is 340 g/mol. The molecule has 0 bridgehead atoms. The van der Waals surface area contributed by atoms with Crippen molar-refractivity contribution in [2.24, 2.45) is 0 Å². The van der Waals surface area contributed by atoms with E-state index in [0.29, 0.717) is 39.6 Å². The van der Waals surface area contributed by atoms with Crippen molar-refractivity contribution >= 4 is 28.8 Å². The van der Waals surface area contributed by atoms with Crippen molar-refractivity contribution in [3.63, 3.8) is 0 Å². The number of nitrogens with zero attached hydrogens (tertiary/aromatic N) is 2. The van der Waals surface area contributed by atoms with Crippen molar-refractivity contribution in [3.8, 4) is 17.0 Å². The first kappa shape index (κ1) is 16.2. The summed E-state index contributed by atoms with van der Waals surface area (Å²) in [5.74, 6) is 0.104. The lowest BCUT2D eigenvalue weighted by atomic mass is 10.0. The first-order chi connectivity index (χ1) is 12.1. The first-order valence-corrected chi connectivity index (χ1v) is 8.72. The summed E-state index contributed by atoms with van der Waals surface area (Å²) in [5, 5.41) is 17.4. The van der Waals surface area contributed by atoms with Crippen LogP contribution < -0.4 is 10.6 Å². The number of halogens is 1. The van der Waals surface area contributed by atoms with Crippen LogP contribution in [0.3, 0.4) is 0 Å². The first-order valence-electron chi connectivity index (χ1n) is 8.34. The molecule has 3 aromatic rings. The summed E-state index contributed by atoms with van der Waals surface area (Å²) in [6, 6.07) is 7.74. The van der Waals surface area contributed by atoms with Crippen molar-refractivity contribution in [1.29, 1.82) is 0 Å². The Morgan fingerprint density at radius 1 is 1.32 bits per heavy atom. The van der Waals surface area contributed by atoms with Crippen LogP contribution in [0, 0.1) is 6.92 Å². The zero-order valence-corrected chi connectivity index (χ0v) is 14.6. The van der Waals surface area contributed by atoms with Gasteiger partial charge < -0.3 is 20.2 Å². The Balaban J connectivity index is 1.66. The van der Waals surface area contributed by atoms with Crippen molar-refractivity contribution in [2.75, 3.05) is 18.4 Å². The average Bonchev–Trinajstić information content (AvgIpc) is 2.96. The summed E-state index contributed by atoms with van der Waals surface area (Å²) >= 11 is 5.98. The number of fused-ring (bicyclic) bond motifs is 1. The maximum absolute atomic E-state index is 10.2. The lowest BCUT2D eigenvalue weighted by molar-refractivity contribution is 0.467. The lowest BCUT2D eigenvalue weighted by Gasteiger charge is -2.22. The molecule has 1 fully saturated rings. The van der Waals surface area contributed by atoms with Gasteiger partial charge in [0.1, 0.15) is 5.75 Å². The normalized spacial score (nSPS) is 17.8. The molecule has 0 unspecified atom stereocenters. The number of pyridine rings is 1. The number of aromatic hydroxyl groups is 1. The van der Waals surface area contributed by atoms with Crippen molar-refractivity contribution in [1.82, 2.24) is 15.3 Å². The number of oxazole rings is 1. The number of aromatic nitrogens is 2. The molecule has 0 aliphatic carbocycles. The van der Waals surface area contributed by atoms with Gasteiger partial charge in [-0.15, -0.1) is 0 Å². The monoisotopic (exact) mass is 358 g/mol. The van der Waals surface area contributed by atoms with Gasteiger partial charge >= 0.3 is 0 Å². The highest BCUT2D eigenvalue weighted by atomic mass is 35.5. The molecule has 3 heterocycles. The molecule has 1 saturated heterocycles. The summed E-state index contributed by atoms with van der Waals surface area (Å²) in [6.07, 6.45) is 2.22. The Hall–Kier alpha value is -2.31. The fourth-order valence-corrected chi connectivity index (χ4v) is 3.49. The summed E-state index contributed by atoms with van der Waals surface area (Å²) < 4.78 is 5.75. The minimum atomic E-state index is 0.104. The van der Waals surface area contributed by atoms with Crippen LogP contribution in [-0.2, 0) is 0 Å². The highest BCUT2D eigenvalue weighted by molar-refractivity contribution is 6.31. The Kier molecular flexibility index (Phi) is 4.23. The Morgan fingerprint density at radius 2 is 2.20 bits per heavy atom. The predicted molar refractivity (Wildman–Crippen MR) is 98.2 cm³/mol. The molecule has 4 rings (SSSR count). The van der Waals surface area contributed by atoms with Crippen LogP contribution in [-0.4, -0.2) is 34.2 Å². The second kappa shape index (κ2) is 6.54. The Labute approximate surface area is 150 Å². The van der Waals surface area contributed by atoms with Gasteiger partial charge in [-0.25, -0.2) is 4.98 Å². The quantitative estimate of drug-likeness (QED) is 0.661. The minimum Gasteiger partial charge on any atom is -0.507 e. The van der Waals surface area contributed by atoms with Crippen molar-refractivity contribution in [3.05, 3.63) is 34.9 Å². The number of phenolic OH excluding ortho intramolecular Hbond substituents is 1. The van der Waals surface area contributed by atoms with Crippen LogP contribution in [0.1, 0.15) is 18.4 Å². The van der Waals surface area contributed by atoms with Crippen molar-refractivity contribution in [2.45, 2.75) is 25.8 Å². The summed E-state index contributed by atoms with van der Waals surface area (Å²) in [4.78, 5) is 8.99. The number of piperidine rings is 1. The maximum Gasteiger partial charge on any atom is 0.297 e. The molecule has 3 N–H and O–H groups in total. The smallest absolute Gasteiger partial charge is 0.297 e. The second-order valence-electron chi connectivity index (χ2n) is 6.34. The molecule has 1 aromatic carbocycles. The van der Waals surface area contributed by atoms with Crippen molar-refractivity contribution < 1.29 is 9.52 Å². The third-order valence-electron chi connectivity index (χ3n) is 4.41. The lowest BCUT2D eigenvalue weighted by Crippen LogP contribution is -2.38. The fraction of sp³-hybridized carbons (Fsp3) is 0.333. The fourth-order valence-electron chi connectivity index (χ4n) is 3.23. The zero-order chi connectivity index (χ0) is 17.4. The van der Waals surface area contributed by atoms with E-state index in [0.717, 1.165) is 31.5 Å². The maximum atomic E-state index is 10.2. The van der Waals surface area contributed by atoms with E-state index in [1.807, 2.05) is 19.1 Å². The molecule has 0 saturated carbocycles. The van der Waals surface area contributed by atoms with E-state index in [-0.39, 0.29) is 5.75 Å². The number of nitrogens with one attached hydrogen (secondary N) is 2. The third-order valence-corrected chi connectivity index (χ3v) is 4.63. The van der Waals surface area contributed by atoms with E-state index in [1.165, 1.54) is 6.07 Å². The largest absolute Gasteiger partial charge is 0.507 e.